The zero-order chi connectivity index (χ0) is 19.1. The lowest BCUT2D eigenvalue weighted by Crippen LogP contribution is -2.41. The van der Waals surface area contributed by atoms with Crippen molar-refractivity contribution in [2.75, 3.05) is 0 Å². The van der Waals surface area contributed by atoms with Crippen LogP contribution in [-0.4, -0.2) is 21.6 Å². The molecule has 0 heterocycles. The topological polar surface area (TPSA) is 9.23 Å². The third-order valence-electron chi connectivity index (χ3n) is 4.70. The van der Waals surface area contributed by atoms with Crippen molar-refractivity contribution < 1.29 is 4.74 Å². The molecule has 0 atom stereocenters. The Labute approximate surface area is 162 Å². The van der Waals surface area contributed by atoms with Gasteiger partial charge in [-0.2, -0.15) is 11.1 Å². The van der Waals surface area contributed by atoms with Crippen LogP contribution in [0.5, 0.6) is 5.75 Å². The van der Waals surface area contributed by atoms with Gasteiger partial charge in [-0.05, 0) is 26.0 Å². The summed E-state index contributed by atoms with van der Waals surface area (Å²) in [6.07, 6.45) is 7.40. The van der Waals surface area contributed by atoms with Crippen molar-refractivity contribution in [1.29, 1.82) is 0 Å². The first-order chi connectivity index (χ1) is 11.5. The highest BCUT2D eigenvalue weighted by Gasteiger charge is 2.24. The van der Waals surface area contributed by atoms with Gasteiger partial charge in [0.1, 0.15) is 13.1 Å². The largest absolute Gasteiger partial charge is 0.490 e. The molecule has 0 bridgehead atoms. The molecule has 0 aromatic heterocycles. The monoisotopic (exact) mass is 396 g/mol. The van der Waals surface area contributed by atoms with Crippen LogP contribution in [0.1, 0.15) is 45.1 Å². The number of hydrogen-bond donors (Lipinski definition) is 0. The fourth-order valence-electron chi connectivity index (χ4n) is 3.10. The Kier molecular flexibility index (Phi) is 8.99. The van der Waals surface area contributed by atoms with Crippen molar-refractivity contribution in [3.8, 4) is 5.75 Å². The minimum Gasteiger partial charge on any atom is -0.490 e. The van der Waals surface area contributed by atoms with Gasteiger partial charge in [-0.3, -0.25) is 0 Å². The van der Waals surface area contributed by atoms with Crippen LogP contribution in [0.3, 0.4) is 0 Å². The highest BCUT2D eigenvalue weighted by atomic mass is 35.6. The zero-order valence-corrected chi connectivity index (χ0v) is 19.9. The molecule has 1 nitrogen and oxygen atoms in total. The van der Waals surface area contributed by atoms with Crippen molar-refractivity contribution >= 4 is 37.8 Å². The lowest BCUT2D eigenvalue weighted by Gasteiger charge is -2.24. The standard InChI is InChI=1S/C21H37ClOSi2/c1-8-19-17-20(13-14-21(19)23-18(2)3)24(4,5)15-11-9-10-12-16-25(6,7)22/h8,13-14,17-18H,1,9-12,15-16H2,2-7H3. The lowest BCUT2D eigenvalue weighted by molar-refractivity contribution is 0.242. The first-order valence-electron chi connectivity index (χ1n) is 9.68. The summed E-state index contributed by atoms with van der Waals surface area (Å²) in [4.78, 5) is 0. The number of halogens is 1. The third kappa shape index (κ3) is 8.61. The minimum absolute atomic E-state index is 0.191. The average Bonchev–Trinajstić information content (AvgIpc) is 2.49. The second-order valence-corrected chi connectivity index (χ2v) is 20.5. The number of ether oxygens (including phenoxy) is 1. The van der Waals surface area contributed by atoms with Gasteiger partial charge in [0.05, 0.1) is 14.2 Å². The lowest BCUT2D eigenvalue weighted by atomic mass is 10.2. The van der Waals surface area contributed by atoms with Crippen LogP contribution in [0.25, 0.3) is 6.08 Å². The van der Waals surface area contributed by atoms with E-state index in [9.17, 15) is 0 Å². The summed E-state index contributed by atoms with van der Waals surface area (Å²) in [6.45, 7) is 17.5. The van der Waals surface area contributed by atoms with E-state index in [1.807, 2.05) is 6.08 Å². The van der Waals surface area contributed by atoms with Crippen molar-refractivity contribution in [3.63, 3.8) is 0 Å². The summed E-state index contributed by atoms with van der Waals surface area (Å²) in [5, 5.41) is 1.51. The Morgan fingerprint density at radius 3 is 2.16 bits per heavy atom. The van der Waals surface area contributed by atoms with Crippen molar-refractivity contribution in [1.82, 2.24) is 0 Å². The van der Waals surface area contributed by atoms with E-state index >= 15 is 0 Å². The van der Waals surface area contributed by atoms with Crippen LogP contribution in [-0.2, 0) is 0 Å². The second kappa shape index (κ2) is 9.98. The fourth-order valence-corrected chi connectivity index (χ4v) is 7.10. The van der Waals surface area contributed by atoms with E-state index < -0.39 is 15.5 Å². The molecule has 0 aliphatic rings. The van der Waals surface area contributed by atoms with Crippen molar-refractivity contribution in [3.05, 3.63) is 30.3 Å². The molecule has 0 amide bonds. The van der Waals surface area contributed by atoms with E-state index in [2.05, 4.69) is 64.8 Å². The minimum atomic E-state index is -1.41. The SMILES string of the molecule is C=Cc1cc([Si](C)(C)CCCCCC[Si](C)(C)Cl)ccc1OC(C)C. The Balaban J connectivity index is 2.58. The molecule has 142 valence electrons. The average molecular weight is 397 g/mol. The van der Waals surface area contributed by atoms with E-state index in [4.69, 9.17) is 15.8 Å². The van der Waals surface area contributed by atoms with Crippen molar-refractivity contribution in [2.45, 2.75) is 83.9 Å². The molecule has 0 N–H and O–H groups in total. The summed E-state index contributed by atoms with van der Waals surface area (Å²) in [6, 6.07) is 9.30. The molecule has 1 aromatic carbocycles. The molecule has 0 aliphatic heterocycles. The number of rotatable bonds is 11. The quantitative estimate of drug-likeness (QED) is 0.221. The van der Waals surface area contributed by atoms with Gasteiger partial charge in [0.2, 0.25) is 0 Å². The highest BCUT2D eigenvalue weighted by molar-refractivity contribution is 7.19. The normalized spacial score (nSPS) is 12.5. The molecule has 25 heavy (non-hydrogen) atoms. The van der Waals surface area contributed by atoms with E-state index in [1.165, 1.54) is 43.0 Å². The van der Waals surface area contributed by atoms with Crippen LogP contribution in [0.15, 0.2) is 24.8 Å². The van der Waals surface area contributed by atoms with E-state index in [1.54, 1.807) is 0 Å². The van der Waals surface area contributed by atoms with E-state index in [0.717, 1.165) is 11.3 Å². The van der Waals surface area contributed by atoms with Gasteiger partial charge in [0.25, 0.3) is 0 Å². The zero-order valence-electron chi connectivity index (χ0n) is 17.1. The molecule has 0 aliphatic carbocycles. The molecule has 0 saturated carbocycles. The smallest absolute Gasteiger partial charge is 0.150 e. The van der Waals surface area contributed by atoms with Crippen LogP contribution in [0, 0.1) is 0 Å². The molecule has 1 aromatic rings. The fraction of sp³-hybridized carbons (Fsp3) is 0.619. The summed E-state index contributed by atoms with van der Waals surface area (Å²) in [5.41, 5.74) is 1.13. The maximum atomic E-state index is 6.40. The summed E-state index contributed by atoms with van der Waals surface area (Å²) < 4.78 is 5.89. The van der Waals surface area contributed by atoms with Gasteiger partial charge in [-0.1, -0.05) is 87.9 Å². The molecular weight excluding hydrogens is 360 g/mol. The predicted octanol–water partition coefficient (Wildman–Crippen LogP) is 7.04. The Morgan fingerprint density at radius 2 is 1.64 bits per heavy atom. The molecule has 0 fully saturated rings. The van der Waals surface area contributed by atoms with Crippen LogP contribution in [0.4, 0.5) is 0 Å². The molecule has 0 unspecified atom stereocenters. The molecule has 0 saturated heterocycles. The van der Waals surface area contributed by atoms with Crippen molar-refractivity contribution in [2.24, 2.45) is 0 Å². The second-order valence-electron chi connectivity index (χ2n) is 8.64. The molecular formula is C21H37ClOSi2. The number of unbranched alkanes of at least 4 members (excludes halogenated alkanes) is 3. The molecule has 4 heteroatoms. The summed E-state index contributed by atoms with van der Waals surface area (Å²) in [7, 11) is -2.78. The number of benzene rings is 1. The maximum absolute atomic E-state index is 6.40. The van der Waals surface area contributed by atoms with Gasteiger partial charge in [-0.25, -0.2) is 0 Å². The van der Waals surface area contributed by atoms with Crippen LogP contribution in [0.2, 0.25) is 38.3 Å². The highest BCUT2D eigenvalue weighted by Crippen LogP contribution is 2.24. The van der Waals surface area contributed by atoms with Gasteiger partial charge in [-0.15, -0.1) is 0 Å². The van der Waals surface area contributed by atoms with Gasteiger partial charge in [0, 0.05) is 5.56 Å². The van der Waals surface area contributed by atoms with Crippen LogP contribution >= 0.6 is 11.1 Å². The maximum Gasteiger partial charge on any atom is 0.150 e. The van der Waals surface area contributed by atoms with E-state index in [0.29, 0.717) is 0 Å². The first kappa shape index (κ1) is 22.5. The first-order valence-corrected chi connectivity index (χ1v) is 17.1. The summed E-state index contributed by atoms with van der Waals surface area (Å²) in [5.74, 6) is 0.950. The van der Waals surface area contributed by atoms with E-state index in [-0.39, 0.29) is 6.10 Å². The van der Waals surface area contributed by atoms with Gasteiger partial charge >= 0.3 is 0 Å². The molecule has 1 rings (SSSR count). The Morgan fingerprint density at radius 1 is 1.04 bits per heavy atom. The molecule has 0 radical (unpaired) electrons. The van der Waals surface area contributed by atoms with Gasteiger partial charge in [0.15, 0.2) is 0 Å². The molecule has 0 spiro atoms. The third-order valence-corrected chi connectivity index (χ3v) is 10.3. The number of hydrogen-bond acceptors (Lipinski definition) is 1. The van der Waals surface area contributed by atoms with Crippen LogP contribution < -0.4 is 9.92 Å². The Bertz CT molecular complexity index is 547. The Hall–Kier alpha value is -0.516. The predicted molar refractivity (Wildman–Crippen MR) is 121 cm³/mol. The summed E-state index contributed by atoms with van der Waals surface area (Å²) >= 11 is 6.40. The van der Waals surface area contributed by atoms with Gasteiger partial charge < -0.3 is 4.74 Å².